The number of carbonyl (C=O) groups excluding carboxylic acids is 1. The third-order valence-electron chi connectivity index (χ3n) is 12.9. The van der Waals surface area contributed by atoms with Crippen LogP contribution in [0.25, 0.3) is 65.9 Å². The summed E-state index contributed by atoms with van der Waals surface area (Å²) in [6.07, 6.45) is 1.98. The van der Waals surface area contributed by atoms with E-state index in [0.29, 0.717) is 87.0 Å². The van der Waals surface area contributed by atoms with Gasteiger partial charge in [0.05, 0.1) is 66.3 Å². The molecule has 6 heterocycles. The fraction of sp³-hybridized carbons (Fsp3) is 0.200. The van der Waals surface area contributed by atoms with Crippen molar-refractivity contribution in [2.45, 2.75) is 25.9 Å². The van der Waals surface area contributed by atoms with E-state index >= 15 is 0 Å². The number of H-pyrrole nitrogens is 2. The van der Waals surface area contributed by atoms with Gasteiger partial charge in [-0.1, -0.05) is 84.9 Å². The van der Waals surface area contributed by atoms with Crippen molar-refractivity contribution in [2.75, 3.05) is 44.6 Å². The Morgan fingerprint density at radius 2 is 1.11 bits per heavy atom. The van der Waals surface area contributed by atoms with Gasteiger partial charge in [-0.2, -0.15) is 20.4 Å². The van der Waals surface area contributed by atoms with Gasteiger partial charge in [0.2, 0.25) is 0 Å². The number of hydrogen-bond acceptors (Lipinski definition) is 13. The van der Waals surface area contributed by atoms with Crippen molar-refractivity contribution in [3.63, 3.8) is 0 Å². The predicted octanol–water partition coefficient (Wildman–Crippen LogP) is 8.17. The second kappa shape index (κ2) is 22.7. The number of alkyl halides is 1. The van der Waals surface area contributed by atoms with E-state index in [1.165, 1.54) is 12.1 Å². The molecule has 6 aromatic carbocycles. The average Bonchev–Trinajstić information content (AvgIpc) is 4.28. The molecule has 4 aromatic heterocycles. The van der Waals surface area contributed by atoms with Crippen LogP contribution in [0.1, 0.15) is 35.2 Å². The number of nitrogens with one attached hydrogen (secondary N) is 3. The van der Waals surface area contributed by atoms with E-state index in [1.54, 1.807) is 65.3 Å². The number of rotatable bonds is 9. The zero-order valence-corrected chi connectivity index (χ0v) is 40.2. The van der Waals surface area contributed by atoms with Gasteiger partial charge in [-0.05, 0) is 61.4 Å². The maximum atomic E-state index is 13.2. The molecule has 10 aromatic rings. The van der Waals surface area contributed by atoms with Gasteiger partial charge in [0.25, 0.3) is 17.0 Å². The second-order valence-electron chi connectivity index (χ2n) is 17.7. The minimum absolute atomic E-state index is 0.00502. The van der Waals surface area contributed by atoms with Crippen molar-refractivity contribution in [1.29, 1.82) is 0 Å². The van der Waals surface area contributed by atoms with Gasteiger partial charge >= 0.3 is 5.97 Å². The number of nitrogens with two attached hydrogens (primary N) is 1. The molecular weight excluding hydrogens is 964 g/mol. The molecule has 2 aliphatic rings. The molecule has 0 radical (unpaired) electrons. The molecule has 20 heteroatoms. The number of aromatic carboxylic acids is 1. The predicted molar refractivity (Wildman–Crippen MR) is 283 cm³/mol. The number of phenols is 2. The monoisotopic (exact) mass is 1020 g/mol. The van der Waals surface area contributed by atoms with E-state index in [2.05, 4.69) is 35.9 Å². The first-order valence-electron chi connectivity index (χ1n) is 24.5. The Hall–Kier alpha value is -9.27. The molecule has 2 saturated heterocycles. The van der Waals surface area contributed by atoms with Crippen LogP contribution in [-0.2, 0) is 22.6 Å². The summed E-state index contributed by atoms with van der Waals surface area (Å²) in [5.41, 5.74) is 10.2. The first-order chi connectivity index (χ1) is 36.9. The number of fused-ring (bicyclic) bond motifs is 4. The van der Waals surface area contributed by atoms with Crippen molar-refractivity contribution >= 4 is 66.6 Å². The zero-order chi connectivity index (χ0) is 53.3. The van der Waals surface area contributed by atoms with Crippen LogP contribution in [0, 0.1) is 11.8 Å². The number of carboxylic acids is 1. The lowest BCUT2D eigenvalue weighted by molar-refractivity contribution is 0.0691. The molecule has 382 valence electrons. The Morgan fingerprint density at radius 1 is 0.667 bits per heavy atom. The normalized spacial score (nSPS) is 15.1. The number of carboxylic acid groups (broad SMARTS) is 1. The van der Waals surface area contributed by atoms with Crippen LogP contribution in [0.4, 0.5) is 15.8 Å². The van der Waals surface area contributed by atoms with Crippen LogP contribution in [-0.4, -0.2) is 101 Å². The topological polar surface area (TPSA) is 278 Å². The van der Waals surface area contributed by atoms with Gasteiger partial charge in [0.15, 0.2) is 11.4 Å². The number of anilines is 2. The first-order valence-corrected chi connectivity index (χ1v) is 23.8. The highest BCUT2D eigenvalue weighted by Crippen LogP contribution is 2.33. The van der Waals surface area contributed by atoms with Crippen LogP contribution >= 0.6 is 0 Å². The number of para-hydroxylation sites is 2. The minimum Gasteiger partial charge on any atom is -0.506 e. The zero-order valence-electron chi connectivity index (χ0n) is 41.2. The molecule has 2 atom stereocenters. The summed E-state index contributed by atoms with van der Waals surface area (Å²) in [4.78, 5) is 48.2. The fourth-order valence-electron chi connectivity index (χ4n) is 9.13. The van der Waals surface area contributed by atoms with E-state index in [9.17, 15) is 33.8 Å². The SMILES string of the molecule is Nc1ccc(-c2n[nH]c(=O)c3ccccc23)cc1O.O=C(Nc1ccc(-c2n[nH]c(=O)c3ccccc23)cc1O)c1nn(CC2CCOC2)c2ccccc12.O=C(O)c1nn(CC2CCOC2)c2ccccc12.[2H]CF. The molecule has 0 bridgehead atoms. The molecule has 1 amide bonds. The van der Waals surface area contributed by atoms with Crippen molar-refractivity contribution in [3.05, 3.63) is 166 Å². The van der Waals surface area contributed by atoms with Gasteiger partial charge < -0.3 is 35.8 Å². The summed E-state index contributed by atoms with van der Waals surface area (Å²) in [5.74, 6) is -0.733. The third kappa shape index (κ3) is 10.9. The summed E-state index contributed by atoms with van der Waals surface area (Å²) in [7, 11) is -1.00. The summed E-state index contributed by atoms with van der Waals surface area (Å²) in [5, 5.41) is 58.3. The number of aromatic hydroxyl groups is 2. The van der Waals surface area contributed by atoms with Crippen LogP contribution in [0.15, 0.2) is 143 Å². The number of nitrogen functional groups attached to an aromatic ring is 1. The van der Waals surface area contributed by atoms with Crippen molar-refractivity contribution in [3.8, 4) is 34.0 Å². The second-order valence-corrected chi connectivity index (χ2v) is 17.7. The molecule has 8 N–H and O–H groups in total. The van der Waals surface area contributed by atoms with Crippen molar-refractivity contribution in [2.24, 2.45) is 11.8 Å². The van der Waals surface area contributed by atoms with Gasteiger partial charge in [-0.15, -0.1) is 0 Å². The van der Waals surface area contributed by atoms with E-state index in [-0.39, 0.29) is 34.0 Å². The number of phenolic OH excluding ortho intramolecular Hbond substituents is 2. The Labute approximate surface area is 427 Å². The Kier molecular flexibility index (Phi) is 14.9. The molecule has 0 aliphatic carbocycles. The number of benzene rings is 6. The smallest absolute Gasteiger partial charge is 0.357 e. The minimum atomic E-state index is -1.00. The van der Waals surface area contributed by atoms with Gasteiger partial charge in [-0.3, -0.25) is 28.1 Å². The first kappa shape index (κ1) is 49.3. The van der Waals surface area contributed by atoms with Crippen molar-refractivity contribution in [1.82, 2.24) is 40.0 Å². The molecule has 2 aliphatic heterocycles. The molecule has 0 saturated carbocycles. The number of amides is 1. The summed E-state index contributed by atoms with van der Waals surface area (Å²) >= 11 is 0. The Morgan fingerprint density at radius 3 is 1.57 bits per heavy atom. The maximum absolute atomic E-state index is 13.2. The van der Waals surface area contributed by atoms with Crippen molar-refractivity contribution < 1.29 is 40.1 Å². The highest BCUT2D eigenvalue weighted by atomic mass is 19.1. The molecule has 12 rings (SSSR count). The van der Waals surface area contributed by atoms with Gasteiger partial charge in [-0.25, -0.2) is 15.0 Å². The Balaban J connectivity index is 0.000000148. The number of aromatic amines is 2. The largest absolute Gasteiger partial charge is 0.506 e. The van der Waals surface area contributed by atoms with Crippen LogP contribution in [0.2, 0.25) is 0 Å². The molecule has 19 nitrogen and oxygen atoms in total. The lowest BCUT2D eigenvalue weighted by Crippen LogP contribution is -2.15. The number of halogens is 1. The van der Waals surface area contributed by atoms with Crippen LogP contribution in [0.5, 0.6) is 11.5 Å². The average molecular weight is 1020 g/mol. The maximum Gasteiger partial charge on any atom is 0.357 e. The molecule has 75 heavy (non-hydrogen) atoms. The lowest BCUT2D eigenvalue weighted by atomic mass is 10.0. The van der Waals surface area contributed by atoms with Crippen LogP contribution < -0.4 is 22.2 Å². The molecule has 2 unspecified atom stereocenters. The molecular formula is C55H51FN10O9. The van der Waals surface area contributed by atoms with Gasteiger partial charge in [0.1, 0.15) is 11.5 Å². The summed E-state index contributed by atoms with van der Waals surface area (Å²) in [6.45, 7) is 4.35. The van der Waals surface area contributed by atoms with Gasteiger partial charge in [0, 0.05) is 70.8 Å². The number of nitrogens with zero attached hydrogens (tertiary/aromatic N) is 6. The molecule has 2 fully saturated rings. The highest BCUT2D eigenvalue weighted by molar-refractivity contribution is 6.12. The summed E-state index contributed by atoms with van der Waals surface area (Å²) in [6, 6.07) is 39.1. The fourth-order valence-corrected chi connectivity index (χ4v) is 9.13. The standard InChI is InChI=1S/C27H23N5O4.C14H11N3O2.C13H14N2O3.CH3F/c33-23-13-17(24-18-5-1-2-6-19(18)26(34)30-29-24)9-10-21(23)28-27(35)25-20-7-3-4-8-22(20)32(31-25)14-16-11-12-36-15-16;15-11-6-5-8(7-12(11)18)13-9-3-1-2-4-10(9)14(19)17-16-13;16-13(17)12-10-3-1-2-4-11(10)15(14-12)7-9-5-6-18-8-9;1-2/h1-10,13,16,33H,11-12,14-15H2,(H,28,35)(H,30,34);1-7,18H,15H2,(H,17,19);1-4,9H,5-8H2,(H,16,17);1H3/i;;;1D. The van der Waals surface area contributed by atoms with E-state index in [1.807, 2.05) is 65.3 Å². The van der Waals surface area contributed by atoms with E-state index < -0.39 is 19.0 Å². The Bertz CT molecular complexity index is 3850. The number of carbonyl (C=O) groups is 2. The van der Waals surface area contributed by atoms with E-state index in [0.717, 1.165) is 54.5 Å². The number of ether oxygens (including phenoxy) is 2. The van der Waals surface area contributed by atoms with E-state index in [4.69, 9.17) is 21.7 Å². The number of aromatic nitrogens is 8. The quantitative estimate of drug-likeness (QED) is 0.0531. The third-order valence-corrected chi connectivity index (χ3v) is 12.9. The lowest BCUT2D eigenvalue weighted by Gasteiger charge is -2.10. The summed E-state index contributed by atoms with van der Waals surface area (Å²) < 4.78 is 30.0. The number of hydrogen-bond donors (Lipinski definition) is 7. The van der Waals surface area contributed by atoms with Crippen LogP contribution in [0.3, 0.4) is 0 Å². The molecule has 0 spiro atoms. The highest BCUT2D eigenvalue weighted by Gasteiger charge is 2.24.